The van der Waals surface area contributed by atoms with Gasteiger partial charge in [0.15, 0.2) is 0 Å². The van der Waals surface area contributed by atoms with Crippen molar-refractivity contribution >= 4 is 60.0 Å². The number of thiophene rings is 1. The fourth-order valence-electron chi connectivity index (χ4n) is 3.60. The summed E-state index contributed by atoms with van der Waals surface area (Å²) in [6.07, 6.45) is 6.80. The monoisotopic (exact) mass is 320 g/mol. The van der Waals surface area contributed by atoms with E-state index < -0.39 is 0 Å². The van der Waals surface area contributed by atoms with Crippen LogP contribution >= 0.6 is 22.9 Å². The molecule has 1 aliphatic rings. The molecule has 1 aromatic heterocycles. The van der Waals surface area contributed by atoms with Crippen molar-refractivity contribution < 1.29 is 0 Å². The minimum atomic E-state index is 0.854. The smallest absolute Gasteiger partial charge is 0.0499 e. The number of rotatable bonds is 0. The van der Waals surface area contributed by atoms with Gasteiger partial charge in [-0.3, -0.25) is 0 Å². The zero-order valence-electron chi connectivity index (χ0n) is 11.9. The maximum Gasteiger partial charge on any atom is 0.0499 e. The van der Waals surface area contributed by atoms with Gasteiger partial charge in [0.1, 0.15) is 0 Å². The number of benzene rings is 3. The van der Waals surface area contributed by atoms with Crippen LogP contribution in [0.4, 0.5) is 0 Å². The van der Waals surface area contributed by atoms with Crippen molar-refractivity contribution in [2.45, 2.75) is 12.8 Å². The van der Waals surface area contributed by atoms with E-state index >= 15 is 0 Å². The van der Waals surface area contributed by atoms with Crippen LogP contribution in [0.5, 0.6) is 0 Å². The maximum absolute atomic E-state index is 6.47. The average molecular weight is 321 g/mol. The third kappa shape index (κ3) is 1.64. The van der Waals surface area contributed by atoms with Crippen LogP contribution < -0.4 is 0 Å². The lowest BCUT2D eigenvalue weighted by atomic mass is 9.91. The predicted octanol–water partition coefficient (Wildman–Crippen LogP) is 6.82. The van der Waals surface area contributed by atoms with Crippen molar-refractivity contribution in [1.82, 2.24) is 0 Å². The van der Waals surface area contributed by atoms with Crippen LogP contribution in [0.2, 0.25) is 5.02 Å². The lowest BCUT2D eigenvalue weighted by Crippen LogP contribution is -1.95. The molecule has 1 aliphatic carbocycles. The SMILES string of the molecule is Clc1cccc2sc3c(ccc4ccc5c(c43)CCC=C5)c12. The fourth-order valence-corrected chi connectivity index (χ4v) is 5.24. The Labute approximate surface area is 137 Å². The molecule has 2 heteroatoms. The van der Waals surface area contributed by atoms with Gasteiger partial charge in [0, 0.05) is 30.6 Å². The Hall–Kier alpha value is -1.83. The first-order valence-electron chi connectivity index (χ1n) is 7.55. The molecular weight excluding hydrogens is 308 g/mol. The summed E-state index contributed by atoms with van der Waals surface area (Å²) in [6.45, 7) is 0. The van der Waals surface area contributed by atoms with Crippen molar-refractivity contribution in [3.05, 3.63) is 64.7 Å². The van der Waals surface area contributed by atoms with E-state index in [-0.39, 0.29) is 0 Å². The number of hydrogen-bond donors (Lipinski definition) is 0. The number of halogens is 1. The van der Waals surface area contributed by atoms with Gasteiger partial charge in [0.25, 0.3) is 0 Å². The van der Waals surface area contributed by atoms with Gasteiger partial charge in [-0.25, -0.2) is 0 Å². The Morgan fingerprint density at radius 3 is 2.82 bits per heavy atom. The molecule has 0 saturated heterocycles. The topological polar surface area (TPSA) is 0 Å². The molecule has 0 amide bonds. The van der Waals surface area contributed by atoms with Gasteiger partial charge in [0.2, 0.25) is 0 Å². The summed E-state index contributed by atoms with van der Waals surface area (Å²) < 4.78 is 2.66. The Kier molecular flexibility index (Phi) is 2.64. The van der Waals surface area contributed by atoms with Crippen LogP contribution in [0.3, 0.4) is 0 Å². The van der Waals surface area contributed by atoms with E-state index in [1.165, 1.54) is 42.1 Å². The molecule has 1 heterocycles. The highest BCUT2D eigenvalue weighted by molar-refractivity contribution is 7.26. The van der Waals surface area contributed by atoms with Crippen molar-refractivity contribution in [2.75, 3.05) is 0 Å². The van der Waals surface area contributed by atoms with Crippen molar-refractivity contribution in [2.24, 2.45) is 0 Å². The van der Waals surface area contributed by atoms with E-state index in [0.717, 1.165) is 17.9 Å². The standard InChI is InChI=1S/C20H13ClS/c21-16-6-3-7-17-19(16)15-11-10-13-9-8-12-4-1-2-5-14(12)18(13)20(15)22-17/h1,3-4,6-11H,2,5H2. The first-order valence-corrected chi connectivity index (χ1v) is 8.74. The lowest BCUT2D eigenvalue weighted by molar-refractivity contribution is 0.998. The summed E-state index contributed by atoms with van der Waals surface area (Å²) in [5.74, 6) is 0. The van der Waals surface area contributed by atoms with Gasteiger partial charge < -0.3 is 0 Å². The van der Waals surface area contributed by atoms with Gasteiger partial charge in [-0.15, -0.1) is 11.3 Å². The third-order valence-corrected chi connectivity index (χ3v) is 6.10. The molecule has 5 rings (SSSR count). The molecule has 0 spiro atoms. The molecule has 0 N–H and O–H groups in total. The molecule has 0 nitrogen and oxygen atoms in total. The molecular formula is C20H13ClS. The molecule has 0 radical (unpaired) electrons. The van der Waals surface area contributed by atoms with E-state index in [0.29, 0.717) is 0 Å². The zero-order chi connectivity index (χ0) is 14.7. The van der Waals surface area contributed by atoms with Gasteiger partial charge in [-0.2, -0.15) is 0 Å². The predicted molar refractivity (Wildman–Crippen MR) is 99.2 cm³/mol. The maximum atomic E-state index is 6.47. The highest BCUT2D eigenvalue weighted by Crippen LogP contribution is 2.43. The Balaban J connectivity index is 2.06. The molecule has 106 valence electrons. The highest BCUT2D eigenvalue weighted by Gasteiger charge is 2.15. The van der Waals surface area contributed by atoms with Crippen LogP contribution in [0.1, 0.15) is 17.5 Å². The van der Waals surface area contributed by atoms with Crippen LogP contribution in [0.25, 0.3) is 37.0 Å². The summed E-state index contributed by atoms with van der Waals surface area (Å²) in [7, 11) is 0. The molecule has 0 aliphatic heterocycles. The minimum Gasteiger partial charge on any atom is -0.134 e. The van der Waals surface area contributed by atoms with Gasteiger partial charge in [-0.05, 0) is 41.5 Å². The van der Waals surface area contributed by atoms with Gasteiger partial charge in [-0.1, -0.05) is 54.1 Å². The van der Waals surface area contributed by atoms with Crippen LogP contribution in [-0.4, -0.2) is 0 Å². The Bertz CT molecular complexity index is 1090. The molecule has 0 atom stereocenters. The van der Waals surface area contributed by atoms with Gasteiger partial charge in [0.05, 0.1) is 0 Å². The summed E-state index contributed by atoms with van der Waals surface area (Å²) >= 11 is 8.34. The second kappa shape index (κ2) is 4.58. The van der Waals surface area contributed by atoms with Crippen LogP contribution in [-0.2, 0) is 6.42 Å². The van der Waals surface area contributed by atoms with E-state index in [4.69, 9.17) is 11.6 Å². The highest BCUT2D eigenvalue weighted by atomic mass is 35.5. The number of aryl methyl sites for hydroxylation is 1. The van der Waals surface area contributed by atoms with E-state index in [2.05, 4.69) is 42.5 Å². The average Bonchev–Trinajstić information content (AvgIpc) is 2.94. The molecule has 4 aromatic rings. The quantitative estimate of drug-likeness (QED) is 0.333. The molecule has 22 heavy (non-hydrogen) atoms. The first-order chi connectivity index (χ1) is 10.8. The Morgan fingerprint density at radius 1 is 0.955 bits per heavy atom. The summed E-state index contributed by atoms with van der Waals surface area (Å²) in [4.78, 5) is 0. The Morgan fingerprint density at radius 2 is 1.86 bits per heavy atom. The normalized spacial score (nSPS) is 14.0. The number of hydrogen-bond acceptors (Lipinski definition) is 1. The minimum absolute atomic E-state index is 0.854. The van der Waals surface area contributed by atoms with E-state index in [9.17, 15) is 0 Å². The fraction of sp³-hybridized carbons (Fsp3) is 0.100. The van der Waals surface area contributed by atoms with Crippen molar-refractivity contribution in [1.29, 1.82) is 0 Å². The molecule has 0 saturated carbocycles. The van der Waals surface area contributed by atoms with Gasteiger partial charge >= 0.3 is 0 Å². The lowest BCUT2D eigenvalue weighted by Gasteiger charge is -2.14. The van der Waals surface area contributed by atoms with Crippen molar-refractivity contribution in [3.63, 3.8) is 0 Å². The molecule has 0 unspecified atom stereocenters. The van der Waals surface area contributed by atoms with Crippen molar-refractivity contribution in [3.8, 4) is 0 Å². The molecule has 0 bridgehead atoms. The summed E-state index contributed by atoms with van der Waals surface area (Å²) in [5, 5.41) is 6.12. The first kappa shape index (κ1) is 12.7. The molecule has 0 fully saturated rings. The van der Waals surface area contributed by atoms with Crippen LogP contribution in [0.15, 0.2) is 48.5 Å². The number of fused-ring (bicyclic) bond motifs is 7. The number of allylic oxidation sites excluding steroid dienone is 1. The van der Waals surface area contributed by atoms with Crippen LogP contribution in [0, 0.1) is 0 Å². The summed E-state index contributed by atoms with van der Waals surface area (Å²) in [6, 6.07) is 15.2. The molecule has 3 aromatic carbocycles. The second-order valence-electron chi connectivity index (χ2n) is 5.83. The largest absolute Gasteiger partial charge is 0.134 e. The second-order valence-corrected chi connectivity index (χ2v) is 7.29. The zero-order valence-corrected chi connectivity index (χ0v) is 13.5. The third-order valence-electron chi connectivity index (χ3n) is 4.60. The summed E-state index contributed by atoms with van der Waals surface area (Å²) in [5.41, 5.74) is 2.86. The van der Waals surface area contributed by atoms with E-state index in [1.54, 1.807) is 0 Å². The van der Waals surface area contributed by atoms with E-state index in [1.807, 2.05) is 23.5 Å².